The number of aryl methyl sites for hydroxylation is 2. The quantitative estimate of drug-likeness (QED) is 0.763. The molecule has 0 atom stereocenters. The zero-order valence-corrected chi connectivity index (χ0v) is 15.2. The Hall–Kier alpha value is -2.00. The van der Waals surface area contributed by atoms with E-state index in [0.717, 1.165) is 36.1 Å². The highest BCUT2D eigenvalue weighted by Gasteiger charge is 2.13. The lowest BCUT2D eigenvalue weighted by molar-refractivity contribution is -0.118. The molecule has 0 unspecified atom stereocenters. The summed E-state index contributed by atoms with van der Waals surface area (Å²) in [4.78, 5) is 12.3. The summed E-state index contributed by atoms with van der Waals surface area (Å²) in [7, 11) is 0. The molecule has 1 N–H and O–H groups in total. The van der Waals surface area contributed by atoms with Gasteiger partial charge in [-0.05, 0) is 54.2 Å². The Morgan fingerprint density at radius 1 is 1.00 bits per heavy atom. The highest BCUT2D eigenvalue weighted by atomic mass is 35.5. The van der Waals surface area contributed by atoms with Crippen LogP contribution in [0.25, 0.3) is 0 Å². The molecule has 0 aliphatic rings. The number of hydrogen-bond acceptors (Lipinski definition) is 2. The van der Waals surface area contributed by atoms with Gasteiger partial charge in [0.15, 0.2) is 6.61 Å². The molecule has 0 aromatic heterocycles. The van der Waals surface area contributed by atoms with Gasteiger partial charge in [-0.3, -0.25) is 4.79 Å². The molecule has 2 aromatic rings. The lowest BCUT2D eigenvalue weighted by Gasteiger charge is -2.16. The second-order valence-electron chi connectivity index (χ2n) is 5.60. The van der Waals surface area contributed by atoms with Crippen molar-refractivity contribution in [3.05, 3.63) is 58.1 Å². The molecule has 128 valence electrons. The Morgan fingerprint density at radius 3 is 2.29 bits per heavy atom. The molecule has 24 heavy (non-hydrogen) atoms. The standard InChI is InChI=1S/C20H24ClNO2/c1-4-14-7-10-16(11-8-14)24-13-19(23)22-20-15(5-2)9-12-18(21)17(20)6-3/h7-12H,4-6,13H2,1-3H3,(H,22,23). The molecular formula is C20H24ClNO2. The molecule has 0 spiro atoms. The van der Waals surface area contributed by atoms with Crippen molar-refractivity contribution < 1.29 is 9.53 Å². The van der Waals surface area contributed by atoms with E-state index in [-0.39, 0.29) is 12.5 Å². The SMILES string of the molecule is CCc1ccc(OCC(=O)Nc2c(CC)ccc(Cl)c2CC)cc1. The Morgan fingerprint density at radius 2 is 1.71 bits per heavy atom. The fraction of sp³-hybridized carbons (Fsp3) is 0.350. The lowest BCUT2D eigenvalue weighted by Crippen LogP contribution is -2.22. The molecule has 3 nitrogen and oxygen atoms in total. The molecular weight excluding hydrogens is 322 g/mol. The summed E-state index contributed by atoms with van der Waals surface area (Å²) in [5, 5.41) is 3.65. The number of carbonyl (C=O) groups is 1. The number of ether oxygens (including phenoxy) is 1. The Bertz CT molecular complexity index is 696. The monoisotopic (exact) mass is 345 g/mol. The molecule has 0 saturated heterocycles. The molecule has 2 aromatic carbocycles. The molecule has 0 aliphatic heterocycles. The summed E-state index contributed by atoms with van der Waals surface area (Å²) < 4.78 is 5.57. The number of hydrogen-bond donors (Lipinski definition) is 1. The van der Waals surface area contributed by atoms with Crippen molar-refractivity contribution in [1.82, 2.24) is 0 Å². The van der Waals surface area contributed by atoms with Crippen molar-refractivity contribution in [3.8, 4) is 5.75 Å². The fourth-order valence-electron chi connectivity index (χ4n) is 2.61. The zero-order chi connectivity index (χ0) is 17.5. The van der Waals surface area contributed by atoms with Crippen LogP contribution in [-0.4, -0.2) is 12.5 Å². The van der Waals surface area contributed by atoms with Crippen LogP contribution in [0.4, 0.5) is 5.69 Å². The first-order valence-electron chi connectivity index (χ1n) is 8.40. The molecule has 1 amide bonds. The van der Waals surface area contributed by atoms with Gasteiger partial charge in [0, 0.05) is 10.7 Å². The van der Waals surface area contributed by atoms with E-state index in [9.17, 15) is 4.79 Å². The second-order valence-corrected chi connectivity index (χ2v) is 6.01. The van der Waals surface area contributed by atoms with Crippen molar-refractivity contribution in [3.63, 3.8) is 0 Å². The number of rotatable bonds is 7. The van der Waals surface area contributed by atoms with E-state index in [1.54, 1.807) is 0 Å². The van der Waals surface area contributed by atoms with E-state index in [1.165, 1.54) is 5.56 Å². The largest absolute Gasteiger partial charge is 0.484 e. The maximum absolute atomic E-state index is 12.3. The van der Waals surface area contributed by atoms with E-state index < -0.39 is 0 Å². The van der Waals surface area contributed by atoms with Gasteiger partial charge in [-0.1, -0.05) is 50.6 Å². The van der Waals surface area contributed by atoms with Crippen LogP contribution >= 0.6 is 11.6 Å². The number of carbonyl (C=O) groups excluding carboxylic acids is 1. The van der Waals surface area contributed by atoms with Gasteiger partial charge in [0.05, 0.1) is 0 Å². The molecule has 4 heteroatoms. The number of benzene rings is 2. The third kappa shape index (κ3) is 4.51. The van der Waals surface area contributed by atoms with Gasteiger partial charge in [-0.2, -0.15) is 0 Å². The smallest absolute Gasteiger partial charge is 0.262 e. The minimum atomic E-state index is -0.179. The van der Waals surface area contributed by atoms with Crippen LogP contribution in [0.15, 0.2) is 36.4 Å². The van der Waals surface area contributed by atoms with E-state index in [2.05, 4.69) is 19.2 Å². The van der Waals surface area contributed by atoms with Gasteiger partial charge in [-0.25, -0.2) is 0 Å². The molecule has 0 bridgehead atoms. The zero-order valence-electron chi connectivity index (χ0n) is 14.5. The maximum atomic E-state index is 12.3. The Labute approximate surface area is 149 Å². The number of amides is 1. The van der Waals surface area contributed by atoms with E-state index in [1.807, 2.05) is 43.3 Å². The van der Waals surface area contributed by atoms with Crippen LogP contribution in [0.2, 0.25) is 5.02 Å². The van der Waals surface area contributed by atoms with Gasteiger partial charge in [0.25, 0.3) is 5.91 Å². The first-order valence-corrected chi connectivity index (χ1v) is 8.78. The first kappa shape index (κ1) is 18.3. The predicted molar refractivity (Wildman–Crippen MR) is 100 cm³/mol. The first-order chi connectivity index (χ1) is 11.6. The number of nitrogens with one attached hydrogen (secondary N) is 1. The lowest BCUT2D eigenvalue weighted by atomic mass is 10.0. The summed E-state index contributed by atoms with van der Waals surface area (Å²) in [5.41, 5.74) is 4.11. The van der Waals surface area contributed by atoms with Gasteiger partial charge >= 0.3 is 0 Å². The number of halogens is 1. The molecule has 0 radical (unpaired) electrons. The van der Waals surface area contributed by atoms with Gasteiger partial charge < -0.3 is 10.1 Å². The third-order valence-electron chi connectivity index (χ3n) is 4.04. The van der Waals surface area contributed by atoms with E-state index in [0.29, 0.717) is 10.8 Å². The fourth-order valence-corrected chi connectivity index (χ4v) is 2.90. The van der Waals surface area contributed by atoms with Crippen LogP contribution < -0.4 is 10.1 Å². The van der Waals surface area contributed by atoms with Gasteiger partial charge in [-0.15, -0.1) is 0 Å². The minimum Gasteiger partial charge on any atom is -0.484 e. The van der Waals surface area contributed by atoms with Crippen LogP contribution in [-0.2, 0) is 24.1 Å². The molecule has 0 aliphatic carbocycles. The van der Waals surface area contributed by atoms with Crippen LogP contribution in [0.3, 0.4) is 0 Å². The summed E-state index contributed by atoms with van der Waals surface area (Å²) >= 11 is 6.26. The van der Waals surface area contributed by atoms with Crippen molar-refractivity contribution in [2.75, 3.05) is 11.9 Å². The van der Waals surface area contributed by atoms with Crippen molar-refractivity contribution in [2.24, 2.45) is 0 Å². The molecule has 0 saturated carbocycles. The number of anilines is 1. The van der Waals surface area contributed by atoms with E-state index in [4.69, 9.17) is 16.3 Å². The highest BCUT2D eigenvalue weighted by Crippen LogP contribution is 2.29. The maximum Gasteiger partial charge on any atom is 0.262 e. The van der Waals surface area contributed by atoms with E-state index >= 15 is 0 Å². The van der Waals surface area contributed by atoms with Crippen molar-refractivity contribution in [2.45, 2.75) is 40.0 Å². The minimum absolute atomic E-state index is 0.0235. The predicted octanol–water partition coefficient (Wildman–Crippen LogP) is 5.04. The van der Waals surface area contributed by atoms with Crippen molar-refractivity contribution in [1.29, 1.82) is 0 Å². The average Bonchev–Trinajstić information content (AvgIpc) is 2.61. The summed E-state index contributed by atoms with van der Waals surface area (Å²) in [5.74, 6) is 0.515. The average molecular weight is 346 g/mol. The Balaban J connectivity index is 2.05. The van der Waals surface area contributed by atoms with Crippen LogP contribution in [0.5, 0.6) is 5.75 Å². The normalized spacial score (nSPS) is 10.5. The van der Waals surface area contributed by atoms with Crippen LogP contribution in [0.1, 0.15) is 37.5 Å². The Kier molecular flexibility index (Phi) is 6.68. The van der Waals surface area contributed by atoms with Crippen molar-refractivity contribution >= 4 is 23.2 Å². The summed E-state index contributed by atoms with van der Waals surface area (Å²) in [6.45, 7) is 6.17. The topological polar surface area (TPSA) is 38.3 Å². The summed E-state index contributed by atoms with van der Waals surface area (Å²) in [6, 6.07) is 11.6. The molecule has 0 fully saturated rings. The molecule has 2 rings (SSSR count). The summed E-state index contributed by atoms with van der Waals surface area (Å²) in [6.07, 6.45) is 2.58. The highest BCUT2D eigenvalue weighted by molar-refractivity contribution is 6.32. The second kappa shape index (κ2) is 8.74. The van der Waals surface area contributed by atoms with Gasteiger partial charge in [0.2, 0.25) is 0 Å². The van der Waals surface area contributed by atoms with Gasteiger partial charge in [0.1, 0.15) is 5.75 Å². The molecule has 0 heterocycles. The van der Waals surface area contributed by atoms with Crippen LogP contribution in [0, 0.1) is 0 Å². The third-order valence-corrected chi connectivity index (χ3v) is 4.40.